The van der Waals surface area contributed by atoms with E-state index < -0.39 is 0 Å². The molecule has 1 fully saturated rings. The highest BCUT2D eigenvalue weighted by Crippen LogP contribution is 2.21. The van der Waals surface area contributed by atoms with Gasteiger partial charge in [-0.15, -0.1) is 24.0 Å². The van der Waals surface area contributed by atoms with Crippen LogP contribution >= 0.6 is 24.0 Å². The lowest BCUT2D eigenvalue weighted by atomic mass is 10.0. The zero-order valence-electron chi connectivity index (χ0n) is 15.3. The molecule has 2 atom stereocenters. The monoisotopic (exact) mass is 444 g/mol. The van der Waals surface area contributed by atoms with E-state index in [9.17, 15) is 0 Å². The number of guanidine groups is 1. The van der Waals surface area contributed by atoms with Crippen LogP contribution in [-0.2, 0) is 13.1 Å². The van der Waals surface area contributed by atoms with Crippen molar-refractivity contribution in [3.05, 3.63) is 35.4 Å². The molecule has 4 nitrogen and oxygen atoms in total. The highest BCUT2D eigenvalue weighted by molar-refractivity contribution is 14.0. The van der Waals surface area contributed by atoms with Gasteiger partial charge in [-0.3, -0.25) is 4.90 Å². The molecule has 1 saturated heterocycles. The highest BCUT2D eigenvalue weighted by Gasteiger charge is 2.18. The van der Waals surface area contributed by atoms with E-state index in [4.69, 9.17) is 5.73 Å². The van der Waals surface area contributed by atoms with Crippen LogP contribution in [0.3, 0.4) is 0 Å². The Bertz CT molecular complexity index is 518. The van der Waals surface area contributed by atoms with E-state index in [1.54, 1.807) is 0 Å². The van der Waals surface area contributed by atoms with Crippen molar-refractivity contribution in [2.75, 3.05) is 6.54 Å². The molecule has 5 heteroatoms. The van der Waals surface area contributed by atoms with Gasteiger partial charge < -0.3 is 11.1 Å². The van der Waals surface area contributed by atoms with Gasteiger partial charge in [0.05, 0.1) is 6.54 Å². The fraction of sp³-hybridized carbons (Fsp3) is 0.632. The number of rotatable bonds is 6. The minimum absolute atomic E-state index is 0. The number of hydrogen-bond donors (Lipinski definition) is 2. The van der Waals surface area contributed by atoms with Gasteiger partial charge >= 0.3 is 0 Å². The Hall–Kier alpha value is -0.820. The molecule has 2 rings (SSSR count). The number of nitrogens with two attached hydrogens (primary N) is 1. The predicted octanol–water partition coefficient (Wildman–Crippen LogP) is 3.88. The van der Waals surface area contributed by atoms with Gasteiger partial charge in [-0.1, -0.05) is 37.6 Å². The second-order valence-electron chi connectivity index (χ2n) is 6.74. The quantitative estimate of drug-likeness (QED) is 0.398. The molecule has 1 aliphatic heterocycles. The molecule has 0 saturated carbocycles. The predicted molar refractivity (Wildman–Crippen MR) is 114 cm³/mol. The van der Waals surface area contributed by atoms with Crippen LogP contribution in [-0.4, -0.2) is 29.5 Å². The normalized spacial score (nSPS) is 20.3. The van der Waals surface area contributed by atoms with Crippen LogP contribution in [0.25, 0.3) is 0 Å². The average molecular weight is 444 g/mol. The van der Waals surface area contributed by atoms with E-state index >= 15 is 0 Å². The fourth-order valence-electron chi connectivity index (χ4n) is 3.05. The summed E-state index contributed by atoms with van der Waals surface area (Å²) in [7, 11) is 0. The standard InChI is InChI=1S/C19H32N4.HI/c1-4-15(2)22-19(20)21-13-17-10-5-6-11-18(17)14-23-12-8-7-9-16(23)3;/h5-6,10-11,15-16H,4,7-9,12-14H2,1-3H3,(H3,20,21,22);1H. The summed E-state index contributed by atoms with van der Waals surface area (Å²) in [4.78, 5) is 7.11. The van der Waals surface area contributed by atoms with Crippen molar-refractivity contribution in [2.45, 2.75) is 71.6 Å². The second-order valence-corrected chi connectivity index (χ2v) is 6.74. The van der Waals surface area contributed by atoms with Crippen LogP contribution in [0.15, 0.2) is 29.3 Å². The summed E-state index contributed by atoms with van der Waals surface area (Å²) in [5.74, 6) is 0.542. The molecule has 1 aromatic rings. The third-order valence-corrected chi connectivity index (χ3v) is 4.86. The van der Waals surface area contributed by atoms with Crippen molar-refractivity contribution >= 4 is 29.9 Å². The van der Waals surface area contributed by atoms with Crippen molar-refractivity contribution in [2.24, 2.45) is 10.7 Å². The van der Waals surface area contributed by atoms with Crippen LogP contribution in [0.1, 0.15) is 57.6 Å². The Morgan fingerprint density at radius 2 is 2.04 bits per heavy atom. The molecule has 0 aromatic heterocycles. The molecule has 0 radical (unpaired) electrons. The second kappa shape index (κ2) is 10.9. The summed E-state index contributed by atoms with van der Waals surface area (Å²) in [5.41, 5.74) is 8.64. The van der Waals surface area contributed by atoms with Gasteiger partial charge in [0.25, 0.3) is 0 Å². The Kier molecular flexibility index (Phi) is 9.66. The molecule has 1 aliphatic rings. The van der Waals surface area contributed by atoms with Gasteiger partial charge in [0, 0.05) is 18.6 Å². The van der Waals surface area contributed by atoms with Gasteiger partial charge in [-0.25, -0.2) is 4.99 Å². The fourth-order valence-corrected chi connectivity index (χ4v) is 3.05. The maximum atomic E-state index is 5.98. The molecular weight excluding hydrogens is 411 g/mol. The van der Waals surface area contributed by atoms with Crippen LogP contribution in [0.5, 0.6) is 0 Å². The molecule has 0 amide bonds. The number of aliphatic imine (C=N–C) groups is 1. The molecule has 0 aliphatic carbocycles. The van der Waals surface area contributed by atoms with Crippen molar-refractivity contribution < 1.29 is 0 Å². The maximum absolute atomic E-state index is 5.98. The number of hydrogen-bond acceptors (Lipinski definition) is 2. The third-order valence-electron chi connectivity index (χ3n) is 4.86. The van der Waals surface area contributed by atoms with E-state index in [1.807, 2.05) is 0 Å². The first-order valence-corrected chi connectivity index (χ1v) is 8.97. The van der Waals surface area contributed by atoms with Gasteiger partial charge in [0.1, 0.15) is 0 Å². The summed E-state index contributed by atoms with van der Waals surface area (Å²) in [6.07, 6.45) is 5.03. The number of benzene rings is 1. The molecular formula is C19H33IN4. The third kappa shape index (κ3) is 6.59. The largest absolute Gasteiger partial charge is 0.370 e. The summed E-state index contributed by atoms with van der Waals surface area (Å²) < 4.78 is 0. The number of nitrogens with zero attached hydrogens (tertiary/aromatic N) is 2. The summed E-state index contributed by atoms with van der Waals surface area (Å²) in [6, 6.07) is 9.65. The number of nitrogens with one attached hydrogen (secondary N) is 1. The van der Waals surface area contributed by atoms with Crippen LogP contribution in [0, 0.1) is 0 Å². The first kappa shape index (κ1) is 21.2. The van der Waals surface area contributed by atoms with E-state index in [0.29, 0.717) is 24.6 Å². The van der Waals surface area contributed by atoms with Crippen LogP contribution < -0.4 is 11.1 Å². The SMILES string of the molecule is CCC(C)NC(N)=NCc1ccccc1CN1CCCCC1C.I. The Labute approximate surface area is 164 Å². The molecule has 2 unspecified atom stereocenters. The molecule has 136 valence electrons. The average Bonchev–Trinajstić information content (AvgIpc) is 2.56. The van der Waals surface area contributed by atoms with Crippen molar-refractivity contribution in [3.63, 3.8) is 0 Å². The van der Waals surface area contributed by atoms with Gasteiger partial charge in [0.2, 0.25) is 0 Å². The summed E-state index contributed by atoms with van der Waals surface area (Å²) in [5, 5.41) is 3.23. The number of likely N-dealkylation sites (tertiary alicyclic amines) is 1. The van der Waals surface area contributed by atoms with Crippen molar-refractivity contribution in [1.29, 1.82) is 0 Å². The lowest BCUT2D eigenvalue weighted by molar-refractivity contribution is 0.152. The minimum atomic E-state index is 0. The van der Waals surface area contributed by atoms with Crippen molar-refractivity contribution in [1.82, 2.24) is 10.2 Å². The van der Waals surface area contributed by atoms with E-state index in [2.05, 4.69) is 60.2 Å². The maximum Gasteiger partial charge on any atom is 0.189 e. The number of piperidine rings is 1. The topological polar surface area (TPSA) is 53.6 Å². The summed E-state index contributed by atoms with van der Waals surface area (Å²) >= 11 is 0. The molecule has 0 spiro atoms. The summed E-state index contributed by atoms with van der Waals surface area (Å²) in [6.45, 7) is 9.47. The highest BCUT2D eigenvalue weighted by atomic mass is 127. The molecule has 3 N–H and O–H groups in total. The van der Waals surface area contributed by atoms with E-state index in [0.717, 1.165) is 13.0 Å². The van der Waals surface area contributed by atoms with Gasteiger partial charge in [-0.2, -0.15) is 0 Å². The first-order chi connectivity index (χ1) is 11.1. The van der Waals surface area contributed by atoms with Gasteiger partial charge in [0.15, 0.2) is 5.96 Å². The Balaban J connectivity index is 0.00000288. The van der Waals surface area contributed by atoms with E-state index in [1.165, 1.54) is 36.9 Å². The molecule has 1 aromatic carbocycles. The van der Waals surface area contributed by atoms with Crippen LogP contribution in [0.4, 0.5) is 0 Å². The van der Waals surface area contributed by atoms with Gasteiger partial charge in [-0.05, 0) is 50.8 Å². The lowest BCUT2D eigenvalue weighted by Crippen LogP contribution is -2.38. The smallest absolute Gasteiger partial charge is 0.189 e. The van der Waals surface area contributed by atoms with Crippen molar-refractivity contribution in [3.8, 4) is 0 Å². The number of halogens is 1. The molecule has 24 heavy (non-hydrogen) atoms. The molecule has 0 bridgehead atoms. The minimum Gasteiger partial charge on any atom is -0.370 e. The zero-order chi connectivity index (χ0) is 16.7. The zero-order valence-corrected chi connectivity index (χ0v) is 17.6. The Morgan fingerprint density at radius 3 is 2.71 bits per heavy atom. The Morgan fingerprint density at radius 1 is 1.33 bits per heavy atom. The molecule has 1 heterocycles. The van der Waals surface area contributed by atoms with E-state index in [-0.39, 0.29) is 24.0 Å². The van der Waals surface area contributed by atoms with Crippen LogP contribution in [0.2, 0.25) is 0 Å². The lowest BCUT2D eigenvalue weighted by Gasteiger charge is -2.33. The first-order valence-electron chi connectivity index (χ1n) is 8.97.